The highest BCUT2D eigenvalue weighted by atomic mass is 32.2. The first-order chi connectivity index (χ1) is 24.8. The van der Waals surface area contributed by atoms with Gasteiger partial charge in [0.25, 0.3) is 5.91 Å². The molecule has 2 aliphatic heterocycles. The van der Waals surface area contributed by atoms with Crippen LogP contribution in [0.1, 0.15) is 89.2 Å². The first-order valence-corrected chi connectivity index (χ1v) is 19.6. The van der Waals surface area contributed by atoms with E-state index in [4.69, 9.17) is 9.47 Å². The lowest BCUT2D eigenvalue weighted by molar-refractivity contribution is -0.143. The van der Waals surface area contributed by atoms with Crippen LogP contribution in [-0.4, -0.2) is 90.2 Å². The molecule has 4 bridgehead atoms. The van der Waals surface area contributed by atoms with Crippen LogP contribution < -0.4 is 15.4 Å². The van der Waals surface area contributed by atoms with Gasteiger partial charge in [-0.05, 0) is 60.6 Å². The zero-order valence-corrected chi connectivity index (χ0v) is 31.6. The predicted molar refractivity (Wildman–Crippen MR) is 197 cm³/mol. The van der Waals surface area contributed by atoms with Crippen LogP contribution in [0, 0.1) is 16.7 Å². The quantitative estimate of drug-likeness (QED) is 0.250. The molecule has 1 aromatic heterocycles. The summed E-state index contributed by atoms with van der Waals surface area (Å²) in [6.45, 7) is 12.9. The molecule has 14 nitrogen and oxygen atoms in total. The van der Waals surface area contributed by atoms with Crippen molar-refractivity contribution in [2.45, 2.75) is 102 Å². The van der Waals surface area contributed by atoms with Gasteiger partial charge in [0.1, 0.15) is 29.4 Å². The Morgan fingerprint density at radius 2 is 1.87 bits per heavy atom. The minimum Gasteiger partial charge on any atom is -0.456 e. The number of amides is 4. The van der Waals surface area contributed by atoms with Crippen molar-refractivity contribution < 1.29 is 41.9 Å². The van der Waals surface area contributed by atoms with Gasteiger partial charge in [-0.25, -0.2) is 18.0 Å². The number of fused-ring (bicyclic) bond motifs is 3. The number of cyclic esters (lactones) is 1. The first kappa shape index (κ1) is 38.1. The molecule has 3 fully saturated rings. The third kappa shape index (κ3) is 8.14. The van der Waals surface area contributed by atoms with Crippen LogP contribution in [0.3, 0.4) is 0 Å². The summed E-state index contributed by atoms with van der Waals surface area (Å²) in [5, 5.41) is 5.60. The van der Waals surface area contributed by atoms with Crippen LogP contribution in [0.2, 0.25) is 0 Å². The number of hydrogen-bond acceptors (Lipinski definition) is 9. The minimum absolute atomic E-state index is 0.0896. The Kier molecular flexibility index (Phi) is 10.0. The highest BCUT2D eigenvalue weighted by Crippen LogP contribution is 2.45. The molecule has 5 atom stereocenters. The smallest absolute Gasteiger partial charge is 0.407 e. The van der Waals surface area contributed by atoms with Crippen molar-refractivity contribution in [2.24, 2.45) is 16.7 Å². The van der Waals surface area contributed by atoms with Gasteiger partial charge in [-0.15, -0.1) is 6.58 Å². The van der Waals surface area contributed by atoms with Gasteiger partial charge in [-0.1, -0.05) is 65.0 Å². The Labute approximate surface area is 309 Å². The van der Waals surface area contributed by atoms with E-state index in [-0.39, 0.29) is 31.7 Å². The van der Waals surface area contributed by atoms with Crippen molar-refractivity contribution in [3.63, 3.8) is 0 Å². The summed E-state index contributed by atoms with van der Waals surface area (Å²) in [4.78, 5) is 73.3. The summed E-state index contributed by atoms with van der Waals surface area (Å²) < 4.78 is 39.0. The maximum Gasteiger partial charge on any atom is 0.407 e. The van der Waals surface area contributed by atoms with E-state index in [0.29, 0.717) is 25.7 Å². The van der Waals surface area contributed by atoms with E-state index < -0.39 is 85.5 Å². The van der Waals surface area contributed by atoms with Gasteiger partial charge in [0, 0.05) is 23.2 Å². The number of sulfonamides is 1. The lowest BCUT2D eigenvalue weighted by atomic mass is 9.85. The molecule has 4 amide bonds. The fourth-order valence-electron chi connectivity index (χ4n) is 7.03. The van der Waals surface area contributed by atoms with Crippen molar-refractivity contribution in [2.75, 3.05) is 13.2 Å². The molecular formula is C38H49N5O9S. The van der Waals surface area contributed by atoms with Gasteiger partial charge in [0.15, 0.2) is 0 Å². The van der Waals surface area contributed by atoms with Crippen molar-refractivity contribution in [1.29, 1.82) is 0 Å². The van der Waals surface area contributed by atoms with Crippen LogP contribution in [0.5, 0.6) is 0 Å². The largest absolute Gasteiger partial charge is 0.456 e. The minimum atomic E-state index is -3.92. The maximum atomic E-state index is 14.5. The Balaban J connectivity index is 1.32. The molecular weight excluding hydrogens is 703 g/mol. The van der Waals surface area contributed by atoms with Crippen LogP contribution >= 0.6 is 0 Å². The Hall–Kier alpha value is -4.66. The molecule has 3 heterocycles. The summed E-state index contributed by atoms with van der Waals surface area (Å²) in [5.74, 6) is -3.47. The van der Waals surface area contributed by atoms with E-state index in [1.807, 2.05) is 44.2 Å². The van der Waals surface area contributed by atoms with Gasteiger partial charge in [0.05, 0.1) is 18.4 Å². The summed E-state index contributed by atoms with van der Waals surface area (Å²) in [6, 6.07) is 4.97. The van der Waals surface area contributed by atoms with E-state index in [0.717, 1.165) is 16.5 Å². The van der Waals surface area contributed by atoms with E-state index in [1.165, 1.54) is 11.0 Å². The standard InChI is InChI=1S/C38H49N5O9S/c1-7-23-19-38(23,34(47)42-53(49,50)25-14-15-25)41-31(44)29-17-24-20-43(29)32(45)30(36(2,3)4)40-35(48)51-21-37(5,6)16-9-8-11-22-12-10-13-27-26(22)18-28(39-27)33(46)52-24/h7-8,10-13,18,23-25,29-30,39H,1,9,14-17,19-21H2,2-6H3,(H,40,48)(H,41,44)(H,42,47)/b11-8+/t23-,24+,29-,30+,38+/m0/s1. The SMILES string of the molecule is C=C[C@H]1C[C@]1(NC(=O)[C@@H]1C[C@@H]2CN1C(=O)[C@H](C(C)(C)C)NC(=O)OCC(C)(C)CC/C=C/c1cccc3[nH]c(cc13)C(=O)O2)C(=O)NS(=O)(=O)C1CC1. The van der Waals surface area contributed by atoms with Gasteiger partial charge < -0.3 is 30.0 Å². The van der Waals surface area contributed by atoms with Gasteiger partial charge in [-0.2, -0.15) is 0 Å². The average molecular weight is 752 g/mol. The topological polar surface area (TPSA) is 193 Å². The highest BCUT2D eigenvalue weighted by molar-refractivity contribution is 7.91. The van der Waals surface area contributed by atoms with E-state index >= 15 is 0 Å². The number of ether oxygens (including phenoxy) is 2. The molecule has 4 N–H and O–H groups in total. The number of nitrogens with zero attached hydrogens (tertiary/aromatic N) is 1. The average Bonchev–Trinajstić information content (AvgIpc) is 3.97. The third-order valence-electron chi connectivity index (χ3n) is 10.5. The van der Waals surface area contributed by atoms with Crippen LogP contribution in [0.15, 0.2) is 43.0 Å². The Morgan fingerprint density at radius 3 is 2.53 bits per heavy atom. The third-order valence-corrected chi connectivity index (χ3v) is 12.4. The number of carbonyl (C=O) groups excluding carboxylic acids is 5. The number of H-pyrrole nitrogens is 1. The van der Waals surface area contributed by atoms with E-state index in [2.05, 4.69) is 26.9 Å². The predicted octanol–water partition coefficient (Wildman–Crippen LogP) is 3.94. The van der Waals surface area contributed by atoms with Crippen LogP contribution in [0.25, 0.3) is 17.0 Å². The summed E-state index contributed by atoms with van der Waals surface area (Å²) in [5.41, 5.74) is -1.03. The first-order valence-electron chi connectivity index (χ1n) is 18.1. The normalized spacial score (nSPS) is 28.7. The summed E-state index contributed by atoms with van der Waals surface area (Å²) in [7, 11) is -3.92. The molecule has 0 radical (unpaired) electrons. The molecule has 0 unspecified atom stereocenters. The molecule has 2 aliphatic carbocycles. The van der Waals surface area contributed by atoms with Crippen molar-refractivity contribution >= 4 is 56.8 Å². The number of carbonyl (C=O) groups is 5. The number of esters is 1. The van der Waals surface area contributed by atoms with Crippen molar-refractivity contribution in [3.05, 3.63) is 54.3 Å². The fraction of sp³-hybridized carbons (Fsp3) is 0.553. The Bertz CT molecular complexity index is 1980. The summed E-state index contributed by atoms with van der Waals surface area (Å²) in [6.07, 6.45) is 6.01. The zero-order valence-electron chi connectivity index (χ0n) is 30.8. The van der Waals surface area contributed by atoms with Crippen LogP contribution in [0.4, 0.5) is 4.79 Å². The molecule has 2 saturated carbocycles. The van der Waals surface area contributed by atoms with E-state index in [9.17, 15) is 32.4 Å². The van der Waals surface area contributed by atoms with Crippen LogP contribution in [-0.2, 0) is 33.9 Å². The molecule has 2 aromatic rings. The second-order valence-electron chi connectivity index (χ2n) is 16.6. The van der Waals surface area contributed by atoms with Crippen molar-refractivity contribution in [1.82, 2.24) is 25.2 Å². The molecule has 0 spiro atoms. The number of hydrogen-bond donors (Lipinski definition) is 4. The van der Waals surface area contributed by atoms with Gasteiger partial charge in [0.2, 0.25) is 21.8 Å². The molecule has 53 heavy (non-hydrogen) atoms. The lowest BCUT2D eigenvalue weighted by Crippen LogP contribution is -2.60. The molecule has 286 valence electrons. The fourth-order valence-corrected chi connectivity index (χ4v) is 8.40. The highest BCUT2D eigenvalue weighted by Gasteiger charge is 2.62. The number of alkyl carbamates (subject to hydrolysis) is 1. The number of aromatic nitrogens is 1. The van der Waals surface area contributed by atoms with Gasteiger partial charge in [-0.3, -0.25) is 19.1 Å². The number of rotatable bonds is 6. The second kappa shape index (κ2) is 14.0. The van der Waals surface area contributed by atoms with Crippen molar-refractivity contribution in [3.8, 4) is 0 Å². The lowest BCUT2D eigenvalue weighted by Gasteiger charge is -2.35. The number of allylic oxidation sites excluding steroid dienone is 1. The number of benzene rings is 1. The molecule has 4 aliphatic rings. The zero-order chi connectivity index (χ0) is 38.5. The molecule has 6 rings (SSSR count). The number of aromatic amines is 1. The van der Waals surface area contributed by atoms with Gasteiger partial charge >= 0.3 is 12.1 Å². The second-order valence-corrected chi connectivity index (χ2v) is 18.5. The molecule has 15 heteroatoms. The number of nitrogens with one attached hydrogen (secondary N) is 4. The summed E-state index contributed by atoms with van der Waals surface area (Å²) >= 11 is 0. The molecule has 1 aromatic carbocycles. The van der Waals surface area contributed by atoms with E-state index in [1.54, 1.807) is 26.8 Å². The molecule has 1 saturated heterocycles. The Morgan fingerprint density at radius 1 is 1.13 bits per heavy atom. The maximum absolute atomic E-state index is 14.5. The monoisotopic (exact) mass is 751 g/mol.